The van der Waals surface area contributed by atoms with E-state index in [2.05, 4.69) is 5.32 Å². The Balaban J connectivity index is 0.00000147. The van der Waals surface area contributed by atoms with Gasteiger partial charge in [0.05, 0.1) is 5.92 Å². The first-order valence-corrected chi connectivity index (χ1v) is 7.36. The molecule has 2 saturated carbocycles. The number of nitrogens with two attached hydrogens (primary N) is 1. The van der Waals surface area contributed by atoms with Gasteiger partial charge < -0.3 is 16.0 Å². The summed E-state index contributed by atoms with van der Waals surface area (Å²) in [5, 5.41) is 3.11. The van der Waals surface area contributed by atoms with Gasteiger partial charge in [-0.25, -0.2) is 0 Å². The maximum Gasteiger partial charge on any atom is 0.225 e. The van der Waals surface area contributed by atoms with Gasteiger partial charge in [-0.05, 0) is 37.5 Å². The summed E-state index contributed by atoms with van der Waals surface area (Å²) in [6, 6.07) is 0.142. The van der Waals surface area contributed by atoms with Crippen LogP contribution in [0.4, 0.5) is 0 Å². The third-order valence-electron chi connectivity index (χ3n) is 5.26. The number of carbonyl (C=O) groups excluding carboxylic acids is 2. The minimum absolute atomic E-state index is 0. The fourth-order valence-corrected chi connectivity index (χ4v) is 4.15. The maximum atomic E-state index is 12.4. The van der Waals surface area contributed by atoms with E-state index in [-0.39, 0.29) is 42.2 Å². The van der Waals surface area contributed by atoms with Crippen molar-refractivity contribution < 1.29 is 9.59 Å². The van der Waals surface area contributed by atoms with E-state index in [1.807, 2.05) is 0 Å². The van der Waals surface area contributed by atoms with Crippen molar-refractivity contribution in [1.29, 1.82) is 0 Å². The van der Waals surface area contributed by atoms with Crippen molar-refractivity contribution in [2.24, 2.45) is 23.5 Å². The number of piperidine rings is 1. The predicted octanol–water partition coefficient (Wildman–Crippen LogP) is 0.519. The van der Waals surface area contributed by atoms with Gasteiger partial charge in [0.15, 0.2) is 0 Å². The number of halogens is 1. The number of fused-ring (bicyclic) bond motifs is 2. The first-order valence-electron chi connectivity index (χ1n) is 7.36. The Bertz CT molecular complexity index is 402. The minimum atomic E-state index is 0. The summed E-state index contributed by atoms with van der Waals surface area (Å²) in [6.07, 6.45) is 4.76. The van der Waals surface area contributed by atoms with Crippen LogP contribution in [0.1, 0.15) is 32.1 Å². The van der Waals surface area contributed by atoms with E-state index in [0.29, 0.717) is 24.8 Å². The molecule has 0 aromatic carbocycles. The zero-order valence-electron chi connectivity index (χ0n) is 11.9. The Morgan fingerprint density at radius 1 is 1.30 bits per heavy atom. The Kier molecular flexibility index (Phi) is 4.59. The molecular formula is C14H24ClN3O2. The molecule has 3 aliphatic rings. The number of likely N-dealkylation sites (tertiary alicyclic amines) is 1. The molecule has 0 radical (unpaired) electrons. The van der Waals surface area contributed by atoms with Crippen molar-refractivity contribution >= 4 is 24.2 Å². The molecule has 1 saturated heterocycles. The number of nitrogens with zero attached hydrogens (tertiary/aromatic N) is 1. The Morgan fingerprint density at radius 2 is 2.00 bits per heavy atom. The lowest BCUT2D eigenvalue weighted by Crippen LogP contribution is -2.53. The van der Waals surface area contributed by atoms with Crippen LogP contribution in [0.15, 0.2) is 0 Å². The second-order valence-corrected chi connectivity index (χ2v) is 6.45. The van der Waals surface area contributed by atoms with Crippen molar-refractivity contribution in [2.75, 3.05) is 13.6 Å². The number of amides is 2. The fraction of sp³-hybridized carbons (Fsp3) is 0.857. The van der Waals surface area contributed by atoms with Crippen LogP contribution < -0.4 is 11.1 Å². The van der Waals surface area contributed by atoms with Gasteiger partial charge in [-0.15, -0.1) is 12.4 Å². The van der Waals surface area contributed by atoms with E-state index in [9.17, 15) is 9.59 Å². The molecule has 1 heterocycles. The molecule has 0 spiro atoms. The van der Waals surface area contributed by atoms with Gasteiger partial charge in [-0.1, -0.05) is 0 Å². The fourth-order valence-electron chi connectivity index (χ4n) is 4.15. The molecule has 3 rings (SSSR count). The van der Waals surface area contributed by atoms with Crippen LogP contribution in [0.2, 0.25) is 0 Å². The standard InChI is InChI=1S/C14H23N3O2.ClH/c1-17-7-10(4-5-11(17)18)16-14(19)12-8-2-3-9(6-8)13(12)15;/h8-10,12-13H,2-7,15H2,1H3,(H,16,19);1H. The van der Waals surface area contributed by atoms with Gasteiger partial charge in [0.1, 0.15) is 0 Å². The first kappa shape index (κ1) is 15.6. The zero-order valence-corrected chi connectivity index (χ0v) is 12.7. The smallest absolute Gasteiger partial charge is 0.225 e. The summed E-state index contributed by atoms with van der Waals surface area (Å²) in [5.74, 6) is 1.33. The van der Waals surface area contributed by atoms with Crippen LogP contribution >= 0.6 is 12.4 Å². The van der Waals surface area contributed by atoms with E-state index < -0.39 is 0 Å². The SMILES string of the molecule is CN1CC(NC(=O)C2C3CCC(C3)C2N)CCC1=O.Cl. The normalized spacial score (nSPS) is 39.6. The van der Waals surface area contributed by atoms with Crippen LogP contribution in [0.5, 0.6) is 0 Å². The van der Waals surface area contributed by atoms with Crippen molar-refractivity contribution in [2.45, 2.75) is 44.2 Å². The monoisotopic (exact) mass is 301 g/mol. The number of nitrogens with one attached hydrogen (secondary N) is 1. The number of likely N-dealkylation sites (N-methyl/N-ethyl adjacent to an activating group) is 1. The van der Waals surface area contributed by atoms with Gasteiger partial charge in [0, 0.05) is 32.1 Å². The molecule has 5 nitrogen and oxygen atoms in total. The van der Waals surface area contributed by atoms with Crippen molar-refractivity contribution in [3.8, 4) is 0 Å². The summed E-state index contributed by atoms with van der Waals surface area (Å²) in [7, 11) is 1.80. The molecule has 114 valence electrons. The second kappa shape index (κ2) is 5.90. The molecule has 6 heteroatoms. The molecule has 5 atom stereocenters. The lowest BCUT2D eigenvalue weighted by atomic mass is 9.84. The first-order chi connectivity index (χ1) is 9.06. The molecule has 20 heavy (non-hydrogen) atoms. The molecule has 2 aliphatic carbocycles. The van der Waals surface area contributed by atoms with Crippen LogP contribution in [-0.2, 0) is 9.59 Å². The predicted molar refractivity (Wildman–Crippen MR) is 78.3 cm³/mol. The molecule has 2 bridgehead atoms. The largest absolute Gasteiger partial charge is 0.351 e. The molecule has 1 aliphatic heterocycles. The topological polar surface area (TPSA) is 75.4 Å². The molecule has 3 fully saturated rings. The highest BCUT2D eigenvalue weighted by molar-refractivity contribution is 5.85. The Hall–Kier alpha value is -0.810. The van der Waals surface area contributed by atoms with Crippen molar-refractivity contribution in [3.05, 3.63) is 0 Å². The maximum absolute atomic E-state index is 12.4. The number of carbonyl (C=O) groups is 2. The van der Waals surface area contributed by atoms with Crippen molar-refractivity contribution in [1.82, 2.24) is 10.2 Å². The summed E-state index contributed by atoms with van der Waals surface area (Å²) >= 11 is 0. The summed E-state index contributed by atoms with van der Waals surface area (Å²) < 4.78 is 0. The zero-order chi connectivity index (χ0) is 13.6. The van der Waals surface area contributed by atoms with Crippen LogP contribution in [0.3, 0.4) is 0 Å². The average molecular weight is 302 g/mol. The minimum Gasteiger partial charge on any atom is -0.351 e. The summed E-state index contributed by atoms with van der Waals surface area (Å²) in [5.41, 5.74) is 6.19. The molecule has 3 N–H and O–H groups in total. The number of hydrogen-bond acceptors (Lipinski definition) is 3. The lowest BCUT2D eigenvalue weighted by Gasteiger charge is -2.33. The number of hydrogen-bond donors (Lipinski definition) is 2. The van der Waals surface area contributed by atoms with Gasteiger partial charge in [0.25, 0.3) is 0 Å². The third-order valence-corrected chi connectivity index (χ3v) is 5.26. The summed E-state index contributed by atoms with van der Waals surface area (Å²) in [4.78, 5) is 25.5. The van der Waals surface area contributed by atoms with Crippen LogP contribution in [0.25, 0.3) is 0 Å². The van der Waals surface area contributed by atoms with Crippen molar-refractivity contribution in [3.63, 3.8) is 0 Å². The third kappa shape index (κ3) is 2.66. The summed E-state index contributed by atoms with van der Waals surface area (Å²) in [6.45, 7) is 0.626. The van der Waals surface area contributed by atoms with Crippen LogP contribution in [0, 0.1) is 17.8 Å². The van der Waals surface area contributed by atoms with Gasteiger partial charge in [0.2, 0.25) is 11.8 Å². The second-order valence-electron chi connectivity index (χ2n) is 6.45. The van der Waals surface area contributed by atoms with E-state index in [1.165, 1.54) is 6.42 Å². The molecule has 2 amide bonds. The van der Waals surface area contributed by atoms with E-state index in [0.717, 1.165) is 19.3 Å². The highest BCUT2D eigenvalue weighted by atomic mass is 35.5. The molecule has 0 aromatic heterocycles. The lowest BCUT2D eigenvalue weighted by molar-refractivity contribution is -0.135. The Labute approximate surface area is 126 Å². The van der Waals surface area contributed by atoms with E-state index in [1.54, 1.807) is 11.9 Å². The van der Waals surface area contributed by atoms with E-state index >= 15 is 0 Å². The molecular weight excluding hydrogens is 278 g/mol. The molecule has 5 unspecified atom stereocenters. The van der Waals surface area contributed by atoms with Gasteiger partial charge in [-0.3, -0.25) is 9.59 Å². The highest BCUT2D eigenvalue weighted by Gasteiger charge is 2.49. The Morgan fingerprint density at radius 3 is 2.60 bits per heavy atom. The van der Waals surface area contributed by atoms with E-state index in [4.69, 9.17) is 5.73 Å². The number of rotatable bonds is 2. The average Bonchev–Trinajstić information content (AvgIpc) is 2.94. The van der Waals surface area contributed by atoms with Gasteiger partial charge in [-0.2, -0.15) is 0 Å². The quantitative estimate of drug-likeness (QED) is 0.781. The van der Waals surface area contributed by atoms with Gasteiger partial charge >= 0.3 is 0 Å². The highest BCUT2D eigenvalue weighted by Crippen LogP contribution is 2.47. The van der Waals surface area contributed by atoms with Crippen LogP contribution in [-0.4, -0.2) is 42.4 Å². The molecule has 0 aromatic rings.